The molecule has 12 heteroatoms. The number of hydrogen-bond acceptors (Lipinski definition) is 12. The second-order valence-corrected chi connectivity index (χ2v) is 29.4. The molecule has 7 aromatic carbocycles. The van der Waals surface area contributed by atoms with Gasteiger partial charge in [-0.2, -0.15) is 21.0 Å². The summed E-state index contributed by atoms with van der Waals surface area (Å²) < 4.78 is 25.5. The molecule has 0 aliphatic heterocycles. The van der Waals surface area contributed by atoms with Crippen LogP contribution in [0.2, 0.25) is 0 Å². The lowest BCUT2D eigenvalue weighted by atomic mass is 9.68. The number of Topliss-reactive ketones (excluding diaryl/α,β-unsaturated/α-hetero) is 2. The van der Waals surface area contributed by atoms with Gasteiger partial charge in [-0.25, -0.2) is 0 Å². The number of ether oxygens (including phenoxy) is 4. The van der Waals surface area contributed by atoms with Crippen LogP contribution < -0.4 is 18.9 Å². The van der Waals surface area contributed by atoms with Gasteiger partial charge >= 0.3 is 0 Å². The van der Waals surface area contributed by atoms with Crippen LogP contribution in [0.4, 0.5) is 0 Å². The van der Waals surface area contributed by atoms with E-state index in [2.05, 4.69) is 154 Å². The van der Waals surface area contributed by atoms with Crippen molar-refractivity contribution in [1.29, 1.82) is 21.0 Å². The van der Waals surface area contributed by atoms with E-state index < -0.39 is 10.8 Å². The molecule has 2 aromatic heterocycles. The fourth-order valence-corrected chi connectivity index (χ4v) is 18.5. The van der Waals surface area contributed by atoms with E-state index in [1.54, 1.807) is 54.0 Å². The number of ketones is 2. The van der Waals surface area contributed by atoms with Crippen LogP contribution in [-0.2, 0) is 10.8 Å². The minimum Gasteiger partial charge on any atom is -0.497 e. The predicted octanol–water partition coefficient (Wildman–Crippen LogP) is 22.9. The summed E-state index contributed by atoms with van der Waals surface area (Å²) in [5, 5.41) is 42.1. The maximum Gasteiger partial charge on any atom is 0.194 e. The van der Waals surface area contributed by atoms with Gasteiger partial charge in [0.25, 0.3) is 0 Å². The fourth-order valence-electron chi connectivity index (χ4n) is 15.7. The number of thiophene rings is 2. The van der Waals surface area contributed by atoms with Crippen molar-refractivity contribution in [2.75, 3.05) is 26.9 Å². The Morgan fingerprint density at radius 1 is 0.369 bits per heavy atom. The standard InChI is InChI=1S/C91H84N4O6S2/c1-5-8-11-14-17-24-47-99-67-41-33-63(34-42-67)90(62-31-39-66(98-4)40-32-62)82-54-77-79-51-71(53-81-85(61(58-94)59-95)73-28-21-23-30-75(73)87(81)97)103-89(79)91(64-35-43-68(44-36-64)100-48-25-18-15-12-9-6-2,65-37-45-69(46-38-65)101-49-26-19-16-13-10-7-3)83(77)55-76(82)78-50-70(102-88(78)90)52-80-84(60(56-92)57-93)72-27-20-22-29-74(72)86(80)96/h20-23,27-46,50-55H,5-19,24-26,47-49H2,1-4H3/b80-52-,81-53-. The van der Waals surface area contributed by atoms with E-state index >= 15 is 0 Å². The van der Waals surface area contributed by atoms with Crippen LogP contribution in [-0.4, -0.2) is 38.5 Å². The highest BCUT2D eigenvalue weighted by atomic mass is 32.1. The van der Waals surface area contributed by atoms with Crippen LogP contribution in [0.3, 0.4) is 0 Å². The molecule has 103 heavy (non-hydrogen) atoms. The normalized spacial score (nSPS) is 15.5. The third-order valence-corrected chi connectivity index (χ3v) is 23.2. The molecular weight excluding hydrogens is 1310 g/mol. The van der Waals surface area contributed by atoms with Gasteiger partial charge in [0.15, 0.2) is 11.6 Å². The lowest BCUT2D eigenvalue weighted by Gasteiger charge is -2.35. The molecule has 1 unspecified atom stereocenters. The second-order valence-electron chi connectivity index (χ2n) is 27.2. The molecule has 0 radical (unpaired) electrons. The third kappa shape index (κ3) is 13.5. The first kappa shape index (κ1) is 70.8. The van der Waals surface area contributed by atoms with Crippen LogP contribution >= 0.6 is 22.7 Å². The number of fused-ring (bicyclic) bond motifs is 8. The van der Waals surface area contributed by atoms with Crippen molar-refractivity contribution in [2.45, 2.75) is 147 Å². The van der Waals surface area contributed by atoms with E-state index in [-0.39, 0.29) is 33.9 Å². The van der Waals surface area contributed by atoms with E-state index in [1.807, 2.05) is 48.6 Å². The summed E-state index contributed by atoms with van der Waals surface area (Å²) in [5.41, 5.74) is 10.7. The molecule has 0 N–H and O–H groups in total. The average molecular weight is 1390 g/mol. The number of nitrogens with zero attached hydrogens (tertiary/aromatic N) is 4. The summed E-state index contributed by atoms with van der Waals surface area (Å²) in [4.78, 5) is 33.2. The highest BCUT2D eigenvalue weighted by Crippen LogP contribution is 2.66. The number of carbonyl (C=O) groups excluding carboxylic acids is 2. The van der Waals surface area contributed by atoms with Crippen molar-refractivity contribution in [3.8, 4) is 69.5 Å². The number of nitriles is 4. The van der Waals surface area contributed by atoms with Crippen molar-refractivity contribution >= 4 is 57.5 Å². The maximum atomic E-state index is 14.8. The molecule has 0 fully saturated rings. The first-order valence-corrected chi connectivity index (χ1v) is 38.4. The molecule has 0 spiro atoms. The van der Waals surface area contributed by atoms with Gasteiger partial charge in [0.2, 0.25) is 0 Å². The Balaban J connectivity index is 1.06. The lowest BCUT2D eigenvalue weighted by molar-refractivity contribution is 0.103. The van der Waals surface area contributed by atoms with Crippen molar-refractivity contribution in [3.05, 3.63) is 267 Å². The quantitative estimate of drug-likeness (QED) is 0.0232. The van der Waals surface area contributed by atoms with Crippen molar-refractivity contribution < 1.29 is 28.5 Å². The summed E-state index contributed by atoms with van der Waals surface area (Å²) in [6.07, 6.45) is 24.3. The number of benzene rings is 7. The second kappa shape index (κ2) is 32.2. The molecule has 0 saturated heterocycles. The van der Waals surface area contributed by atoms with E-state index in [1.165, 1.54) is 77.0 Å². The molecule has 516 valence electrons. The van der Waals surface area contributed by atoms with E-state index in [9.17, 15) is 30.6 Å². The molecule has 1 atom stereocenters. The summed E-state index contributed by atoms with van der Waals surface area (Å²) in [6, 6.07) is 66.0. The Labute approximate surface area is 614 Å². The SMILES string of the molecule is CCCCCCCCOc1ccc(C2(c3ccc(OC)cc3)c3cc4c(cc3-c3cc(/C=C5\C(=O)c6ccccc6C5=C(C#N)C#N)sc32)C(c2ccc(OCCCCCCCC)cc2)(c2ccc(OCCCCCCCC)cc2)c2sc(/C=C3\C(=O)c5ccccc5C3=C(C#N)C#N)cc2-4)cc1. The number of carbonyl (C=O) groups is 2. The van der Waals surface area contributed by atoms with Gasteiger partial charge < -0.3 is 18.9 Å². The third-order valence-electron chi connectivity index (χ3n) is 20.8. The minimum absolute atomic E-state index is 0.133. The molecule has 0 saturated carbocycles. The average Bonchev–Trinajstić information content (AvgIpc) is 1.51. The molecule has 4 aliphatic rings. The van der Waals surface area contributed by atoms with E-state index in [4.69, 9.17) is 18.9 Å². The molecule has 10 nitrogen and oxygen atoms in total. The maximum absolute atomic E-state index is 14.8. The van der Waals surface area contributed by atoms with Crippen molar-refractivity contribution in [1.82, 2.24) is 0 Å². The number of rotatable bonds is 31. The number of allylic oxidation sites excluding steroid dienone is 6. The fraction of sp³-hybridized carbons (Fsp3) is 0.297. The Hall–Kier alpha value is -10.6. The van der Waals surface area contributed by atoms with Gasteiger partial charge in [-0.15, -0.1) is 22.7 Å². The van der Waals surface area contributed by atoms with Crippen LogP contribution in [0.15, 0.2) is 192 Å². The Kier molecular flexibility index (Phi) is 22.1. The van der Waals surface area contributed by atoms with Gasteiger partial charge in [-0.3, -0.25) is 9.59 Å². The Morgan fingerprint density at radius 3 is 0.981 bits per heavy atom. The Bertz CT molecular complexity index is 4880. The van der Waals surface area contributed by atoms with Crippen molar-refractivity contribution in [3.63, 3.8) is 0 Å². The first-order chi connectivity index (χ1) is 50.6. The van der Waals surface area contributed by atoms with Gasteiger partial charge in [-0.05, 0) is 171 Å². The van der Waals surface area contributed by atoms with Crippen LogP contribution in [0, 0.1) is 45.3 Å². The summed E-state index contributed by atoms with van der Waals surface area (Å²) in [7, 11) is 1.67. The number of hydrogen-bond donors (Lipinski definition) is 0. The van der Waals surface area contributed by atoms with E-state index in [0.29, 0.717) is 59.0 Å². The molecule has 2 heterocycles. The molecular formula is C91H84N4O6S2. The van der Waals surface area contributed by atoms with Crippen LogP contribution in [0.1, 0.15) is 221 Å². The summed E-state index contributed by atoms with van der Waals surface area (Å²) in [6.45, 7) is 8.49. The molecule has 0 amide bonds. The van der Waals surface area contributed by atoms with Crippen LogP contribution in [0.25, 0.3) is 45.6 Å². The largest absolute Gasteiger partial charge is 0.497 e. The minimum atomic E-state index is -1.03. The number of methoxy groups -OCH3 is 1. The van der Waals surface area contributed by atoms with Crippen molar-refractivity contribution in [2.24, 2.45) is 0 Å². The van der Waals surface area contributed by atoms with E-state index in [0.717, 1.165) is 131 Å². The monoisotopic (exact) mass is 1390 g/mol. The Morgan fingerprint density at radius 2 is 0.670 bits per heavy atom. The summed E-state index contributed by atoms with van der Waals surface area (Å²) in [5.74, 6) is 2.48. The molecule has 9 aromatic rings. The zero-order chi connectivity index (χ0) is 71.5. The number of unbranched alkanes of at least 4 members (excludes halogenated alkanes) is 15. The lowest BCUT2D eigenvalue weighted by Crippen LogP contribution is -2.29. The zero-order valence-corrected chi connectivity index (χ0v) is 60.9. The highest BCUT2D eigenvalue weighted by Gasteiger charge is 2.54. The van der Waals surface area contributed by atoms with Gasteiger partial charge in [0.1, 0.15) is 58.4 Å². The predicted molar refractivity (Wildman–Crippen MR) is 414 cm³/mol. The van der Waals surface area contributed by atoms with Gasteiger partial charge in [0.05, 0.1) is 37.8 Å². The van der Waals surface area contributed by atoms with Crippen LogP contribution in [0.5, 0.6) is 23.0 Å². The molecule has 4 aliphatic carbocycles. The smallest absolute Gasteiger partial charge is 0.194 e. The summed E-state index contributed by atoms with van der Waals surface area (Å²) >= 11 is 3.17. The topological polar surface area (TPSA) is 166 Å². The molecule has 13 rings (SSSR count). The zero-order valence-electron chi connectivity index (χ0n) is 59.2. The van der Waals surface area contributed by atoms with Gasteiger partial charge in [-0.1, -0.05) is 214 Å². The molecule has 0 bridgehead atoms. The first-order valence-electron chi connectivity index (χ1n) is 36.7. The highest BCUT2D eigenvalue weighted by molar-refractivity contribution is 7.14. The van der Waals surface area contributed by atoms with Gasteiger partial charge in [0, 0.05) is 52.9 Å².